The maximum absolute atomic E-state index is 13.1. The summed E-state index contributed by atoms with van der Waals surface area (Å²) in [5.74, 6) is -0.367. The summed E-state index contributed by atoms with van der Waals surface area (Å²) in [4.78, 5) is 27.4. The second kappa shape index (κ2) is 10.5. The predicted octanol–water partition coefficient (Wildman–Crippen LogP) is 4.87. The highest BCUT2D eigenvalue weighted by Crippen LogP contribution is 2.21. The van der Waals surface area contributed by atoms with E-state index in [4.69, 9.17) is 23.2 Å². The Kier molecular flexibility index (Phi) is 8.34. The fourth-order valence-corrected chi connectivity index (χ4v) is 3.16. The molecule has 2 aromatic rings. The van der Waals surface area contributed by atoms with Gasteiger partial charge in [0.15, 0.2) is 0 Å². The van der Waals surface area contributed by atoms with Crippen LogP contribution in [0.1, 0.15) is 38.3 Å². The number of carbonyl (C=O) groups excluding carboxylic acids is 2. The van der Waals surface area contributed by atoms with Crippen LogP contribution in [0.2, 0.25) is 10.0 Å². The smallest absolute Gasteiger partial charge is 0.242 e. The summed E-state index contributed by atoms with van der Waals surface area (Å²) in [7, 11) is 0. The quantitative estimate of drug-likeness (QED) is 0.661. The summed E-state index contributed by atoms with van der Waals surface area (Å²) in [5.41, 5.74) is 1.52. The topological polar surface area (TPSA) is 49.4 Å². The largest absolute Gasteiger partial charge is 0.352 e. The molecule has 150 valence electrons. The van der Waals surface area contributed by atoms with Crippen molar-refractivity contribution >= 4 is 35.0 Å². The summed E-state index contributed by atoms with van der Waals surface area (Å²) in [5, 5.41) is 4.04. The van der Waals surface area contributed by atoms with Crippen LogP contribution in [-0.4, -0.2) is 28.8 Å². The molecule has 0 aliphatic carbocycles. The van der Waals surface area contributed by atoms with E-state index >= 15 is 0 Å². The van der Waals surface area contributed by atoms with Crippen LogP contribution < -0.4 is 5.32 Å². The Morgan fingerprint density at radius 2 is 1.50 bits per heavy atom. The zero-order valence-electron chi connectivity index (χ0n) is 16.4. The molecular weight excluding hydrogens is 395 g/mol. The average molecular weight is 421 g/mol. The third-order valence-electron chi connectivity index (χ3n) is 4.77. The molecule has 0 aromatic heterocycles. The maximum Gasteiger partial charge on any atom is 0.242 e. The van der Waals surface area contributed by atoms with Gasteiger partial charge in [-0.2, -0.15) is 0 Å². The molecule has 0 bridgehead atoms. The number of nitrogens with zero attached hydrogens (tertiary/aromatic N) is 1. The molecule has 0 saturated carbocycles. The standard InChI is InChI=1S/C22H26Cl2N2O2/c1-4-15(2)25-22(28)16(3)26(14-18-10-6-8-12-20(18)24)21(27)13-17-9-5-7-11-19(17)23/h5-12,15-16H,4,13-14H2,1-3H3,(H,25,28)/t15-,16-/m0/s1. The minimum atomic E-state index is -0.639. The van der Waals surface area contributed by atoms with Crippen LogP contribution in [0, 0.1) is 0 Å². The van der Waals surface area contributed by atoms with Crippen molar-refractivity contribution in [2.75, 3.05) is 0 Å². The zero-order valence-corrected chi connectivity index (χ0v) is 17.9. The molecule has 2 aromatic carbocycles. The van der Waals surface area contributed by atoms with E-state index in [1.807, 2.05) is 50.2 Å². The van der Waals surface area contributed by atoms with E-state index < -0.39 is 6.04 Å². The number of halogens is 2. The summed E-state index contributed by atoms with van der Waals surface area (Å²) in [6.45, 7) is 5.92. The number of benzene rings is 2. The summed E-state index contributed by atoms with van der Waals surface area (Å²) in [6, 6.07) is 14.0. The Bertz CT molecular complexity index is 826. The molecule has 2 rings (SSSR count). The average Bonchev–Trinajstić information content (AvgIpc) is 2.68. The van der Waals surface area contributed by atoms with E-state index in [0.717, 1.165) is 17.5 Å². The van der Waals surface area contributed by atoms with Gasteiger partial charge in [-0.05, 0) is 43.5 Å². The van der Waals surface area contributed by atoms with Crippen LogP contribution in [0.25, 0.3) is 0 Å². The van der Waals surface area contributed by atoms with Crippen molar-refractivity contribution in [1.29, 1.82) is 0 Å². The number of carbonyl (C=O) groups is 2. The van der Waals surface area contributed by atoms with Crippen molar-refractivity contribution in [2.45, 2.75) is 52.2 Å². The Balaban J connectivity index is 2.26. The minimum Gasteiger partial charge on any atom is -0.352 e. The van der Waals surface area contributed by atoms with Crippen molar-refractivity contribution in [3.8, 4) is 0 Å². The minimum absolute atomic E-state index is 0.0378. The lowest BCUT2D eigenvalue weighted by atomic mass is 10.1. The van der Waals surface area contributed by atoms with Gasteiger partial charge in [-0.25, -0.2) is 0 Å². The molecule has 0 saturated heterocycles. The molecule has 6 heteroatoms. The Hall–Kier alpha value is -2.04. The molecule has 0 spiro atoms. The van der Waals surface area contributed by atoms with E-state index in [0.29, 0.717) is 10.0 Å². The SMILES string of the molecule is CC[C@H](C)NC(=O)[C@H](C)N(Cc1ccccc1Cl)C(=O)Cc1ccccc1Cl. The molecule has 0 unspecified atom stereocenters. The number of nitrogens with one attached hydrogen (secondary N) is 1. The molecule has 0 aliphatic rings. The second-order valence-electron chi connectivity index (χ2n) is 6.88. The lowest BCUT2D eigenvalue weighted by Gasteiger charge is -2.30. The van der Waals surface area contributed by atoms with Crippen LogP contribution in [0.15, 0.2) is 48.5 Å². The summed E-state index contributed by atoms with van der Waals surface area (Å²) < 4.78 is 0. The molecule has 0 radical (unpaired) electrons. The van der Waals surface area contributed by atoms with Gasteiger partial charge in [0.05, 0.1) is 6.42 Å². The first-order valence-electron chi connectivity index (χ1n) is 9.40. The van der Waals surface area contributed by atoms with Crippen molar-refractivity contribution in [3.63, 3.8) is 0 Å². The fraction of sp³-hybridized carbons (Fsp3) is 0.364. The van der Waals surface area contributed by atoms with Crippen molar-refractivity contribution in [3.05, 3.63) is 69.7 Å². The first-order valence-corrected chi connectivity index (χ1v) is 10.2. The number of hydrogen-bond donors (Lipinski definition) is 1. The van der Waals surface area contributed by atoms with Crippen LogP contribution in [-0.2, 0) is 22.6 Å². The van der Waals surface area contributed by atoms with Crippen molar-refractivity contribution in [2.24, 2.45) is 0 Å². The normalized spacial score (nSPS) is 12.9. The molecule has 2 amide bonds. The molecule has 0 fully saturated rings. The number of rotatable bonds is 8. The van der Waals surface area contributed by atoms with E-state index in [2.05, 4.69) is 5.32 Å². The van der Waals surface area contributed by atoms with E-state index in [-0.39, 0.29) is 30.8 Å². The van der Waals surface area contributed by atoms with Crippen LogP contribution in [0.4, 0.5) is 0 Å². The summed E-state index contributed by atoms with van der Waals surface area (Å²) >= 11 is 12.5. The molecular formula is C22H26Cl2N2O2. The molecule has 0 heterocycles. The Morgan fingerprint density at radius 1 is 0.964 bits per heavy atom. The Labute approximate surface area is 176 Å². The van der Waals surface area contributed by atoms with E-state index in [1.165, 1.54) is 0 Å². The molecule has 0 aliphatic heterocycles. The van der Waals surface area contributed by atoms with Gasteiger partial charge >= 0.3 is 0 Å². The summed E-state index contributed by atoms with van der Waals surface area (Å²) in [6.07, 6.45) is 0.932. The van der Waals surface area contributed by atoms with E-state index in [1.54, 1.807) is 24.0 Å². The van der Waals surface area contributed by atoms with Crippen molar-refractivity contribution < 1.29 is 9.59 Å². The lowest BCUT2D eigenvalue weighted by Crippen LogP contribution is -2.50. The van der Waals surface area contributed by atoms with Crippen molar-refractivity contribution in [1.82, 2.24) is 10.2 Å². The van der Waals surface area contributed by atoms with Gasteiger partial charge in [0, 0.05) is 22.6 Å². The van der Waals surface area contributed by atoms with Gasteiger partial charge in [0.25, 0.3) is 0 Å². The number of amides is 2. The fourth-order valence-electron chi connectivity index (χ4n) is 2.76. The maximum atomic E-state index is 13.1. The van der Waals surface area contributed by atoms with Crippen LogP contribution in [0.3, 0.4) is 0 Å². The van der Waals surface area contributed by atoms with Gasteiger partial charge in [0.2, 0.25) is 11.8 Å². The van der Waals surface area contributed by atoms with Gasteiger partial charge < -0.3 is 10.2 Å². The third-order valence-corrected chi connectivity index (χ3v) is 5.50. The zero-order chi connectivity index (χ0) is 20.7. The lowest BCUT2D eigenvalue weighted by molar-refractivity contribution is -0.140. The molecule has 1 N–H and O–H groups in total. The predicted molar refractivity (Wildman–Crippen MR) is 115 cm³/mol. The molecule has 2 atom stereocenters. The second-order valence-corrected chi connectivity index (χ2v) is 7.69. The third kappa shape index (κ3) is 5.98. The van der Waals surface area contributed by atoms with Crippen LogP contribution >= 0.6 is 23.2 Å². The first kappa shape index (κ1) is 22.3. The van der Waals surface area contributed by atoms with Gasteiger partial charge in [-0.3, -0.25) is 9.59 Å². The van der Waals surface area contributed by atoms with Crippen LogP contribution in [0.5, 0.6) is 0 Å². The molecule has 4 nitrogen and oxygen atoms in total. The highest BCUT2D eigenvalue weighted by Gasteiger charge is 2.27. The van der Waals surface area contributed by atoms with Gasteiger partial charge in [-0.1, -0.05) is 66.5 Å². The Morgan fingerprint density at radius 3 is 2.04 bits per heavy atom. The highest BCUT2D eigenvalue weighted by molar-refractivity contribution is 6.31. The molecule has 28 heavy (non-hydrogen) atoms. The number of hydrogen-bond acceptors (Lipinski definition) is 2. The first-order chi connectivity index (χ1) is 13.3. The van der Waals surface area contributed by atoms with E-state index in [9.17, 15) is 9.59 Å². The monoisotopic (exact) mass is 420 g/mol. The van der Waals surface area contributed by atoms with Gasteiger partial charge in [0.1, 0.15) is 6.04 Å². The highest BCUT2D eigenvalue weighted by atomic mass is 35.5. The van der Waals surface area contributed by atoms with Gasteiger partial charge in [-0.15, -0.1) is 0 Å².